The molecule has 0 bridgehead atoms. The highest BCUT2D eigenvalue weighted by molar-refractivity contribution is 6.30. The van der Waals surface area contributed by atoms with Gasteiger partial charge in [-0.1, -0.05) is 24.1 Å². The predicted molar refractivity (Wildman–Crippen MR) is 96.2 cm³/mol. The van der Waals surface area contributed by atoms with Crippen LogP contribution in [-0.4, -0.2) is 46.8 Å². The van der Waals surface area contributed by atoms with E-state index in [0.717, 1.165) is 32.1 Å². The summed E-state index contributed by atoms with van der Waals surface area (Å²) >= 11 is 5.87. The first-order valence-electron chi connectivity index (χ1n) is 8.78. The minimum atomic E-state index is -4.74. The summed E-state index contributed by atoms with van der Waals surface area (Å²) in [5.41, 5.74) is -1.47. The van der Waals surface area contributed by atoms with E-state index in [-0.39, 0.29) is 10.7 Å². The second-order valence-electron chi connectivity index (χ2n) is 6.45. The number of carbonyl (C=O) groups excluding carboxylic acids is 1. The topological polar surface area (TPSA) is 50.2 Å². The number of carbonyl (C=O) groups is 1. The molecule has 1 aliphatic rings. The maximum absolute atomic E-state index is 13.6. The molecule has 0 atom stereocenters. The van der Waals surface area contributed by atoms with Crippen molar-refractivity contribution in [1.82, 2.24) is 20.0 Å². The molecule has 1 fully saturated rings. The van der Waals surface area contributed by atoms with Gasteiger partial charge in [-0.3, -0.25) is 4.79 Å². The van der Waals surface area contributed by atoms with Crippen LogP contribution in [0.5, 0.6) is 0 Å². The lowest BCUT2D eigenvalue weighted by molar-refractivity contribution is -0.143. The zero-order chi connectivity index (χ0) is 19.4. The molecule has 0 radical (unpaired) electrons. The number of alkyl halides is 3. The van der Waals surface area contributed by atoms with Gasteiger partial charge in [-0.15, -0.1) is 0 Å². The Balaban J connectivity index is 1.77. The number of piperidine rings is 1. The molecule has 1 aromatic carbocycles. The number of hydrogen-bond donors (Lipinski definition) is 1. The Morgan fingerprint density at radius 1 is 1.22 bits per heavy atom. The van der Waals surface area contributed by atoms with E-state index in [1.54, 1.807) is 6.07 Å². The molecule has 9 heteroatoms. The van der Waals surface area contributed by atoms with E-state index >= 15 is 0 Å². The van der Waals surface area contributed by atoms with Crippen molar-refractivity contribution in [1.29, 1.82) is 0 Å². The Bertz CT molecular complexity index is 800. The lowest BCUT2D eigenvalue weighted by atomic mass is 10.1. The van der Waals surface area contributed by atoms with Crippen molar-refractivity contribution in [2.45, 2.75) is 25.4 Å². The van der Waals surface area contributed by atoms with Crippen molar-refractivity contribution in [2.75, 3.05) is 26.2 Å². The van der Waals surface area contributed by atoms with Crippen LogP contribution < -0.4 is 5.32 Å². The summed E-state index contributed by atoms with van der Waals surface area (Å²) in [4.78, 5) is 14.6. The Kier molecular flexibility index (Phi) is 6.06. The van der Waals surface area contributed by atoms with E-state index in [0.29, 0.717) is 17.8 Å². The molecule has 2 heterocycles. The first-order valence-corrected chi connectivity index (χ1v) is 9.16. The highest BCUT2D eigenvalue weighted by Gasteiger charge is 2.40. The second kappa shape index (κ2) is 8.31. The van der Waals surface area contributed by atoms with Gasteiger partial charge in [0.25, 0.3) is 5.91 Å². The highest BCUT2D eigenvalue weighted by atomic mass is 35.5. The van der Waals surface area contributed by atoms with Crippen LogP contribution in [0.2, 0.25) is 5.02 Å². The van der Waals surface area contributed by atoms with Gasteiger partial charge in [0, 0.05) is 18.1 Å². The van der Waals surface area contributed by atoms with Gasteiger partial charge in [-0.25, -0.2) is 4.68 Å². The maximum atomic E-state index is 13.6. The van der Waals surface area contributed by atoms with Crippen molar-refractivity contribution in [3.05, 3.63) is 46.7 Å². The number of aromatic nitrogens is 2. The standard InChI is InChI=1S/C18H20ClF3N4O/c19-13-5-4-6-14(11-13)26-16(18(20,21)22)15(12-24-26)17(27)23-7-10-25-8-2-1-3-9-25/h4-6,11-12H,1-3,7-10H2,(H,23,27). The first-order chi connectivity index (χ1) is 12.9. The minimum Gasteiger partial charge on any atom is -0.351 e. The fraction of sp³-hybridized carbons (Fsp3) is 0.444. The smallest absolute Gasteiger partial charge is 0.351 e. The Labute approximate surface area is 160 Å². The third kappa shape index (κ3) is 4.81. The van der Waals surface area contributed by atoms with E-state index in [2.05, 4.69) is 15.3 Å². The molecule has 0 saturated carbocycles. The zero-order valence-corrected chi connectivity index (χ0v) is 15.4. The molecule has 146 valence electrons. The van der Waals surface area contributed by atoms with E-state index in [4.69, 9.17) is 11.6 Å². The number of hydrogen-bond acceptors (Lipinski definition) is 3. The monoisotopic (exact) mass is 400 g/mol. The van der Waals surface area contributed by atoms with Crippen molar-refractivity contribution >= 4 is 17.5 Å². The molecular weight excluding hydrogens is 381 g/mol. The summed E-state index contributed by atoms with van der Waals surface area (Å²) in [6, 6.07) is 5.89. The van der Waals surface area contributed by atoms with Gasteiger partial charge in [0.05, 0.1) is 17.4 Å². The summed E-state index contributed by atoms with van der Waals surface area (Å²) in [6.45, 7) is 2.82. The molecule has 5 nitrogen and oxygen atoms in total. The molecule has 1 amide bonds. The summed E-state index contributed by atoms with van der Waals surface area (Å²) in [6.07, 6.45) is -0.379. The fourth-order valence-corrected chi connectivity index (χ4v) is 3.38. The van der Waals surface area contributed by atoms with Crippen LogP contribution >= 0.6 is 11.6 Å². The van der Waals surface area contributed by atoms with Crippen LogP contribution in [0.4, 0.5) is 13.2 Å². The lowest BCUT2D eigenvalue weighted by Crippen LogP contribution is -2.38. The molecule has 1 N–H and O–H groups in total. The first kappa shape index (κ1) is 19.7. The Hall–Kier alpha value is -2.06. The molecule has 1 aromatic heterocycles. The van der Waals surface area contributed by atoms with Crippen LogP contribution in [0, 0.1) is 0 Å². The molecule has 0 aliphatic carbocycles. The van der Waals surface area contributed by atoms with E-state index < -0.39 is 23.3 Å². The van der Waals surface area contributed by atoms with Gasteiger partial charge in [0.15, 0.2) is 5.69 Å². The van der Waals surface area contributed by atoms with E-state index in [9.17, 15) is 18.0 Å². The van der Waals surface area contributed by atoms with Crippen LogP contribution in [0.1, 0.15) is 35.3 Å². The number of rotatable bonds is 5. The minimum absolute atomic E-state index is 0.141. The normalized spacial score (nSPS) is 15.7. The summed E-state index contributed by atoms with van der Waals surface area (Å²) in [5.74, 6) is -0.785. The van der Waals surface area contributed by atoms with Gasteiger partial charge >= 0.3 is 6.18 Å². The third-order valence-corrected chi connectivity index (χ3v) is 4.73. The second-order valence-corrected chi connectivity index (χ2v) is 6.89. The van der Waals surface area contributed by atoms with Crippen LogP contribution in [0.3, 0.4) is 0 Å². The summed E-state index contributed by atoms with van der Waals surface area (Å²) in [5, 5.41) is 6.64. The van der Waals surface area contributed by atoms with Gasteiger partial charge in [-0.2, -0.15) is 18.3 Å². The fourth-order valence-electron chi connectivity index (χ4n) is 3.20. The number of halogens is 4. The Morgan fingerprint density at radius 3 is 2.63 bits per heavy atom. The molecule has 2 aromatic rings. The van der Waals surface area contributed by atoms with Gasteiger partial charge < -0.3 is 10.2 Å². The molecule has 0 spiro atoms. The average Bonchev–Trinajstić information content (AvgIpc) is 3.08. The van der Waals surface area contributed by atoms with E-state index in [1.165, 1.54) is 24.6 Å². The Morgan fingerprint density at radius 2 is 1.96 bits per heavy atom. The SMILES string of the molecule is O=C(NCCN1CCCCC1)c1cnn(-c2cccc(Cl)c2)c1C(F)(F)F. The maximum Gasteiger partial charge on any atom is 0.434 e. The van der Waals surface area contributed by atoms with Gasteiger partial charge in [-0.05, 0) is 44.1 Å². The zero-order valence-electron chi connectivity index (χ0n) is 14.6. The number of nitrogens with one attached hydrogen (secondary N) is 1. The largest absolute Gasteiger partial charge is 0.434 e. The van der Waals surface area contributed by atoms with Crippen molar-refractivity contribution in [3.63, 3.8) is 0 Å². The molecular formula is C18H20ClF3N4O. The number of amides is 1. The molecule has 1 saturated heterocycles. The van der Waals surface area contributed by atoms with E-state index in [1.807, 2.05) is 0 Å². The highest BCUT2D eigenvalue weighted by Crippen LogP contribution is 2.34. The van der Waals surface area contributed by atoms with Crippen molar-refractivity contribution in [3.8, 4) is 5.69 Å². The molecule has 3 rings (SSSR count). The van der Waals surface area contributed by atoms with Crippen LogP contribution in [-0.2, 0) is 6.18 Å². The number of nitrogens with zero attached hydrogens (tertiary/aromatic N) is 3. The summed E-state index contributed by atoms with van der Waals surface area (Å²) < 4.78 is 41.6. The molecule has 0 unspecified atom stereocenters. The summed E-state index contributed by atoms with van der Waals surface area (Å²) in [7, 11) is 0. The third-order valence-electron chi connectivity index (χ3n) is 4.50. The lowest BCUT2D eigenvalue weighted by Gasteiger charge is -2.26. The molecule has 27 heavy (non-hydrogen) atoms. The van der Waals surface area contributed by atoms with Gasteiger partial charge in [0.1, 0.15) is 0 Å². The molecule has 1 aliphatic heterocycles. The average molecular weight is 401 g/mol. The van der Waals surface area contributed by atoms with Gasteiger partial charge in [0.2, 0.25) is 0 Å². The number of benzene rings is 1. The van der Waals surface area contributed by atoms with Crippen molar-refractivity contribution < 1.29 is 18.0 Å². The number of likely N-dealkylation sites (tertiary alicyclic amines) is 1. The predicted octanol–water partition coefficient (Wildman–Crippen LogP) is 3.76. The van der Waals surface area contributed by atoms with Crippen LogP contribution in [0.15, 0.2) is 30.5 Å². The van der Waals surface area contributed by atoms with Crippen molar-refractivity contribution in [2.24, 2.45) is 0 Å². The quantitative estimate of drug-likeness (QED) is 0.831. The van der Waals surface area contributed by atoms with Crippen LogP contribution in [0.25, 0.3) is 5.69 Å².